The van der Waals surface area contributed by atoms with Crippen molar-refractivity contribution in [3.05, 3.63) is 77.4 Å². The normalized spacial score (nSPS) is 17.3. The van der Waals surface area contributed by atoms with Crippen molar-refractivity contribution in [2.45, 2.75) is 26.7 Å². The summed E-state index contributed by atoms with van der Waals surface area (Å²) in [6.45, 7) is -3.88. The van der Waals surface area contributed by atoms with Gasteiger partial charge in [-0.15, -0.1) is 0 Å². The Morgan fingerprint density at radius 2 is 1.77 bits per heavy atom. The Hall–Kier alpha value is -2.41. The number of benzene rings is 2. The predicted octanol–water partition coefficient (Wildman–Crippen LogP) is 4.54. The molecule has 0 spiro atoms. The van der Waals surface area contributed by atoms with Gasteiger partial charge in [0.05, 0.1) is 5.56 Å². The van der Waals surface area contributed by atoms with Crippen LogP contribution in [0.4, 0.5) is 0 Å². The number of rotatable bonds is 2. The monoisotopic (exact) mass is 292 g/mol. The summed E-state index contributed by atoms with van der Waals surface area (Å²) >= 11 is 0. The molecule has 2 aromatic carbocycles. The van der Waals surface area contributed by atoms with Crippen molar-refractivity contribution in [3.63, 3.8) is 0 Å². The molecule has 1 aromatic heterocycles. The van der Waals surface area contributed by atoms with Crippen LogP contribution in [0.5, 0.6) is 0 Å². The van der Waals surface area contributed by atoms with Gasteiger partial charge in [0.1, 0.15) is 0 Å². The minimum absolute atomic E-state index is 0.110. The smallest absolute Gasteiger partial charge is 0.187 e. The quantitative estimate of drug-likeness (QED) is 0.478. The minimum atomic E-state index is -2.31. The summed E-state index contributed by atoms with van der Waals surface area (Å²) in [5.74, 6) is 0. The van der Waals surface area contributed by atoms with Gasteiger partial charge >= 0.3 is 0 Å². The van der Waals surface area contributed by atoms with Crippen LogP contribution in [0, 0.1) is 6.85 Å². The number of pyridine rings is 1. The van der Waals surface area contributed by atoms with Gasteiger partial charge in [-0.1, -0.05) is 43.3 Å². The fraction of sp³-hybridized carbons (Fsp3) is 0.190. The highest BCUT2D eigenvalue weighted by atomic mass is 15.0. The predicted molar refractivity (Wildman–Crippen MR) is 90.7 cm³/mol. The summed E-state index contributed by atoms with van der Waals surface area (Å²) < 4.78 is 49.2. The van der Waals surface area contributed by atoms with Crippen molar-refractivity contribution in [1.82, 2.24) is 0 Å². The molecule has 0 fully saturated rings. The van der Waals surface area contributed by atoms with Crippen molar-refractivity contribution < 1.29 is 12.8 Å². The third kappa shape index (κ3) is 1.89. The molecule has 0 unspecified atom stereocenters. The largest absolute Gasteiger partial charge is 0.216 e. The first kappa shape index (κ1) is 8.28. The molecule has 1 aliphatic heterocycles. The first-order valence-electron chi connectivity index (χ1n) is 10.4. The Morgan fingerprint density at radius 1 is 0.955 bits per heavy atom. The SMILES string of the molecule is [2H]C([2H])([2H])Cc1ccccc1-c1c(C([2H])([2H])[2H])ccc2[n+]1Cc1ccccc1-2. The lowest BCUT2D eigenvalue weighted by atomic mass is 9.98. The van der Waals surface area contributed by atoms with E-state index in [1.165, 1.54) is 0 Å². The van der Waals surface area contributed by atoms with E-state index >= 15 is 0 Å². The van der Waals surface area contributed by atoms with Crippen molar-refractivity contribution in [1.29, 1.82) is 0 Å². The molecule has 4 rings (SSSR count). The summed E-state index contributed by atoms with van der Waals surface area (Å²) in [5.41, 5.74) is 5.26. The van der Waals surface area contributed by atoms with E-state index in [0.717, 1.165) is 16.8 Å². The van der Waals surface area contributed by atoms with Crippen molar-refractivity contribution in [2.75, 3.05) is 0 Å². The first-order chi connectivity index (χ1) is 13.1. The fourth-order valence-electron chi connectivity index (χ4n) is 3.27. The zero-order valence-corrected chi connectivity index (χ0v) is 12.1. The Balaban J connectivity index is 2.00. The standard InChI is InChI=1S/C21H20N/c1-3-16-8-4-7-11-19(16)21-15(2)12-13-20-18-10-6-5-9-17(18)14-22(20)21/h4-13H,3,14H2,1-2H3/q+1/i1D3,2D3. The second kappa shape index (κ2) is 5.10. The highest BCUT2D eigenvalue weighted by Crippen LogP contribution is 2.32. The molecule has 0 N–H and O–H groups in total. The van der Waals surface area contributed by atoms with Crippen LogP contribution in [0.25, 0.3) is 22.5 Å². The van der Waals surface area contributed by atoms with Crippen LogP contribution in [0.15, 0.2) is 60.7 Å². The molecule has 0 atom stereocenters. The summed E-state index contributed by atoms with van der Waals surface area (Å²) in [5, 5.41) is 0. The lowest BCUT2D eigenvalue weighted by molar-refractivity contribution is -0.661. The van der Waals surface area contributed by atoms with Crippen LogP contribution in [0.1, 0.15) is 31.8 Å². The summed E-state index contributed by atoms with van der Waals surface area (Å²) in [7, 11) is 0. The number of nitrogens with zero attached hydrogens (tertiary/aromatic N) is 1. The molecule has 0 radical (unpaired) electrons. The van der Waals surface area contributed by atoms with E-state index in [2.05, 4.69) is 0 Å². The van der Waals surface area contributed by atoms with Crippen LogP contribution in [-0.2, 0) is 13.0 Å². The molecule has 0 saturated heterocycles. The lowest BCUT2D eigenvalue weighted by Crippen LogP contribution is -2.36. The van der Waals surface area contributed by atoms with E-state index in [1.807, 2.05) is 47.0 Å². The van der Waals surface area contributed by atoms with Gasteiger partial charge in [0.25, 0.3) is 0 Å². The molecule has 0 bridgehead atoms. The average Bonchev–Trinajstić information content (AvgIpc) is 2.98. The fourth-order valence-corrected chi connectivity index (χ4v) is 3.27. The van der Waals surface area contributed by atoms with Gasteiger partial charge in [-0.25, -0.2) is 0 Å². The average molecular weight is 292 g/mol. The van der Waals surface area contributed by atoms with Gasteiger partial charge in [0.15, 0.2) is 6.54 Å². The van der Waals surface area contributed by atoms with E-state index < -0.39 is 13.7 Å². The zero-order valence-electron chi connectivity index (χ0n) is 18.1. The van der Waals surface area contributed by atoms with Crippen LogP contribution >= 0.6 is 0 Å². The first-order valence-corrected chi connectivity index (χ1v) is 7.39. The molecule has 0 aliphatic carbocycles. The zero-order chi connectivity index (χ0) is 20.1. The minimum Gasteiger partial charge on any atom is -0.187 e. The number of hydrogen-bond donors (Lipinski definition) is 0. The van der Waals surface area contributed by atoms with Gasteiger partial charge in [-0.3, -0.25) is 0 Å². The van der Waals surface area contributed by atoms with E-state index in [4.69, 9.17) is 8.22 Å². The molecule has 1 aliphatic rings. The molecule has 0 saturated carbocycles. The number of hydrogen-bond acceptors (Lipinski definition) is 0. The second-order valence-corrected chi connectivity index (χ2v) is 5.56. The van der Waals surface area contributed by atoms with Crippen LogP contribution in [-0.4, -0.2) is 0 Å². The molecule has 3 aromatic rings. The van der Waals surface area contributed by atoms with E-state index in [1.54, 1.807) is 18.2 Å². The Kier molecular flexibility index (Phi) is 1.92. The van der Waals surface area contributed by atoms with Gasteiger partial charge < -0.3 is 0 Å². The number of aromatic nitrogens is 1. The Morgan fingerprint density at radius 3 is 2.64 bits per heavy atom. The molecule has 0 amide bonds. The maximum Gasteiger partial charge on any atom is 0.216 e. The summed E-state index contributed by atoms with van der Waals surface area (Å²) in [4.78, 5) is 0. The molecular formula is C21H20N+. The molecule has 1 heteroatoms. The van der Waals surface area contributed by atoms with Crippen molar-refractivity contribution in [2.24, 2.45) is 0 Å². The maximum atomic E-state index is 8.05. The highest BCUT2D eigenvalue weighted by molar-refractivity contribution is 5.69. The summed E-state index contributed by atoms with van der Waals surface area (Å²) in [6, 6.07) is 18.7. The topological polar surface area (TPSA) is 3.88 Å². The number of fused-ring (bicyclic) bond motifs is 3. The highest BCUT2D eigenvalue weighted by Gasteiger charge is 2.30. The molecular weight excluding hydrogens is 266 g/mol. The van der Waals surface area contributed by atoms with E-state index in [9.17, 15) is 0 Å². The lowest BCUT2D eigenvalue weighted by Gasteiger charge is -2.10. The van der Waals surface area contributed by atoms with Crippen LogP contribution < -0.4 is 4.57 Å². The van der Waals surface area contributed by atoms with E-state index in [-0.39, 0.29) is 12.0 Å². The van der Waals surface area contributed by atoms with Crippen LogP contribution in [0.3, 0.4) is 0 Å². The molecule has 108 valence electrons. The second-order valence-electron chi connectivity index (χ2n) is 5.56. The van der Waals surface area contributed by atoms with Crippen molar-refractivity contribution in [3.8, 4) is 22.5 Å². The van der Waals surface area contributed by atoms with Gasteiger partial charge in [-0.05, 0) is 37.0 Å². The van der Waals surface area contributed by atoms with Gasteiger partial charge in [0, 0.05) is 31.0 Å². The Bertz CT molecular complexity index is 1050. The van der Waals surface area contributed by atoms with Crippen LogP contribution in [0.2, 0.25) is 0 Å². The summed E-state index contributed by atoms with van der Waals surface area (Å²) in [6.07, 6.45) is -0.110. The van der Waals surface area contributed by atoms with Crippen molar-refractivity contribution >= 4 is 0 Å². The van der Waals surface area contributed by atoms with Gasteiger partial charge in [-0.2, -0.15) is 4.57 Å². The third-order valence-corrected chi connectivity index (χ3v) is 4.31. The van der Waals surface area contributed by atoms with E-state index in [0.29, 0.717) is 23.4 Å². The maximum absolute atomic E-state index is 8.05. The molecule has 1 nitrogen and oxygen atoms in total. The van der Waals surface area contributed by atoms with Gasteiger partial charge in [0.2, 0.25) is 11.4 Å². The molecule has 22 heavy (non-hydrogen) atoms. The number of aryl methyl sites for hydroxylation is 2. The molecule has 2 heterocycles. The third-order valence-electron chi connectivity index (χ3n) is 4.31. The Labute approximate surface area is 140 Å².